The van der Waals surface area contributed by atoms with Gasteiger partial charge in [0.2, 0.25) is 0 Å². The smallest absolute Gasteiger partial charge is 0.0379 e. The second-order valence-corrected chi connectivity index (χ2v) is 2.20. The molecule has 1 heteroatoms. The molecule has 1 aromatic carbocycles. The van der Waals surface area contributed by atoms with Crippen LogP contribution in [-0.2, 0) is 0 Å². The Bertz CT molecular complexity index is 205. The second-order valence-electron chi connectivity index (χ2n) is 2.20. The number of hydrogen-bond acceptors (Lipinski definition) is 1. The molecule has 1 heterocycles. The number of benzene rings is 1. The maximum atomic E-state index is 3.19. The van der Waals surface area contributed by atoms with Crippen molar-refractivity contribution in [3.05, 3.63) is 42.7 Å². The summed E-state index contributed by atoms with van der Waals surface area (Å²) < 4.78 is 0. The van der Waals surface area contributed by atoms with Crippen molar-refractivity contribution in [1.82, 2.24) is 0 Å². The third kappa shape index (κ3) is 0.878. The highest BCUT2D eigenvalue weighted by molar-refractivity contribution is 5.58. The van der Waals surface area contributed by atoms with Crippen LogP contribution in [0.4, 0.5) is 5.69 Å². The van der Waals surface area contributed by atoms with Crippen molar-refractivity contribution < 1.29 is 0 Å². The van der Waals surface area contributed by atoms with Crippen molar-refractivity contribution in [3.63, 3.8) is 0 Å². The number of para-hydroxylation sites is 1. The first-order chi connectivity index (χ1) is 4.97. The van der Waals surface area contributed by atoms with Crippen LogP contribution in [0.15, 0.2) is 24.3 Å². The van der Waals surface area contributed by atoms with Crippen LogP contribution in [0.3, 0.4) is 0 Å². The summed E-state index contributed by atoms with van der Waals surface area (Å²) in [5.74, 6) is 0. The summed E-state index contributed by atoms with van der Waals surface area (Å²) >= 11 is 0. The molecule has 4 radical (unpaired) electrons. The van der Waals surface area contributed by atoms with Gasteiger partial charge in [-0.1, -0.05) is 18.2 Å². The predicted octanol–water partition coefficient (Wildman–Crippen LogP) is 1.62. The lowest BCUT2D eigenvalue weighted by Crippen LogP contribution is -2.10. The van der Waals surface area contributed by atoms with E-state index in [0.29, 0.717) is 0 Å². The zero-order chi connectivity index (χ0) is 6.81. The van der Waals surface area contributed by atoms with E-state index in [9.17, 15) is 0 Å². The molecule has 1 N–H and O–H groups in total. The van der Waals surface area contributed by atoms with Gasteiger partial charge in [-0.05, 0) is 11.6 Å². The number of fused-ring (bicyclic) bond motifs is 1. The van der Waals surface area contributed by atoms with Crippen LogP contribution >= 0.6 is 0 Å². The first kappa shape index (κ1) is 5.78. The summed E-state index contributed by atoms with van der Waals surface area (Å²) in [6, 6.07) is 8.08. The van der Waals surface area contributed by atoms with Gasteiger partial charge < -0.3 is 5.32 Å². The highest BCUT2D eigenvalue weighted by atomic mass is 14.9. The number of rotatable bonds is 0. The predicted molar refractivity (Wildman–Crippen MR) is 40.5 cm³/mol. The molecule has 0 aromatic heterocycles. The molecule has 0 unspecified atom stereocenters. The van der Waals surface area contributed by atoms with Crippen LogP contribution in [-0.4, -0.2) is 6.54 Å². The van der Waals surface area contributed by atoms with Gasteiger partial charge in [0.05, 0.1) is 0 Å². The fraction of sp³-hybridized carbons (Fsp3) is 0.111. The zero-order valence-corrected chi connectivity index (χ0v) is 5.52. The van der Waals surface area contributed by atoms with Crippen LogP contribution < -0.4 is 5.32 Å². The van der Waals surface area contributed by atoms with Gasteiger partial charge in [-0.2, -0.15) is 0 Å². The Morgan fingerprint density at radius 3 is 3.10 bits per heavy atom. The minimum atomic E-state index is 0.775. The lowest BCUT2D eigenvalue weighted by atomic mass is 10.0. The normalized spacial score (nSPS) is 15.6. The Labute approximate surface area is 61.1 Å². The van der Waals surface area contributed by atoms with Crippen LogP contribution in [0.2, 0.25) is 0 Å². The molecule has 1 aliphatic rings. The molecule has 0 spiro atoms. The quantitative estimate of drug-likeness (QED) is 0.561. The van der Waals surface area contributed by atoms with Crippen molar-refractivity contribution >= 4 is 5.69 Å². The van der Waals surface area contributed by atoms with Crippen molar-refractivity contribution in [2.45, 2.75) is 0 Å². The molecule has 1 aliphatic heterocycles. The molecule has 0 atom stereocenters. The van der Waals surface area contributed by atoms with E-state index in [-0.39, 0.29) is 0 Å². The summed E-state index contributed by atoms with van der Waals surface area (Å²) in [5.41, 5.74) is 2.26. The maximum absolute atomic E-state index is 3.19. The molecule has 48 valence electrons. The number of anilines is 1. The minimum absolute atomic E-state index is 0.775. The van der Waals surface area contributed by atoms with Crippen LogP contribution in [0.1, 0.15) is 5.56 Å². The van der Waals surface area contributed by atoms with E-state index in [0.717, 1.165) is 17.8 Å². The van der Waals surface area contributed by atoms with Crippen molar-refractivity contribution in [3.8, 4) is 0 Å². The molecule has 0 fully saturated rings. The molecule has 0 saturated heterocycles. The van der Waals surface area contributed by atoms with Gasteiger partial charge in [-0.25, -0.2) is 0 Å². The van der Waals surface area contributed by atoms with Crippen molar-refractivity contribution in [1.29, 1.82) is 0 Å². The Hall–Kier alpha value is -0.980. The van der Waals surface area contributed by atoms with Crippen LogP contribution in [0.5, 0.6) is 0 Å². The topological polar surface area (TPSA) is 12.0 Å². The molecular formula is C9H7N. The molecule has 2 rings (SSSR count). The lowest BCUT2D eigenvalue weighted by molar-refractivity contribution is 1.16. The second kappa shape index (κ2) is 2.33. The molecule has 0 amide bonds. The Morgan fingerprint density at radius 1 is 1.30 bits per heavy atom. The standard InChI is InChI=1S/C9H7N/c1-2-6-9-8(4-1)5-3-7-10-9/h1-2,4,6,10H,7H2. The summed E-state index contributed by atoms with van der Waals surface area (Å²) in [5, 5.41) is 3.19. The van der Waals surface area contributed by atoms with Crippen LogP contribution in [0.25, 0.3) is 0 Å². The average molecular weight is 129 g/mol. The Morgan fingerprint density at radius 2 is 2.20 bits per heavy atom. The zero-order valence-electron chi connectivity index (χ0n) is 5.52. The van der Waals surface area contributed by atoms with Gasteiger partial charge in [0, 0.05) is 25.1 Å². The van der Waals surface area contributed by atoms with Gasteiger partial charge in [0.25, 0.3) is 0 Å². The molecular weight excluding hydrogens is 122 g/mol. The molecule has 0 aliphatic carbocycles. The van der Waals surface area contributed by atoms with Gasteiger partial charge in [-0.3, -0.25) is 0 Å². The van der Waals surface area contributed by atoms with E-state index in [1.54, 1.807) is 0 Å². The SMILES string of the molecule is [C]1[C]c2ccccc2NC1. The highest BCUT2D eigenvalue weighted by Crippen LogP contribution is 2.21. The average Bonchev–Trinajstić information content (AvgIpc) is 2.05. The van der Waals surface area contributed by atoms with E-state index in [2.05, 4.69) is 18.2 Å². The maximum Gasteiger partial charge on any atom is 0.0379 e. The Kier molecular flexibility index (Phi) is 1.35. The van der Waals surface area contributed by atoms with Crippen LogP contribution in [0, 0.1) is 12.8 Å². The third-order valence-electron chi connectivity index (χ3n) is 1.52. The molecule has 1 nitrogen and oxygen atoms in total. The largest absolute Gasteiger partial charge is 0.384 e. The van der Waals surface area contributed by atoms with Crippen molar-refractivity contribution in [2.75, 3.05) is 11.9 Å². The molecule has 0 bridgehead atoms. The third-order valence-corrected chi connectivity index (χ3v) is 1.52. The molecule has 0 saturated carbocycles. The van der Waals surface area contributed by atoms with Gasteiger partial charge >= 0.3 is 0 Å². The van der Waals surface area contributed by atoms with Gasteiger partial charge in [0.1, 0.15) is 0 Å². The first-order valence-electron chi connectivity index (χ1n) is 3.28. The Balaban J connectivity index is 2.41. The summed E-state index contributed by atoms with van der Waals surface area (Å²) in [7, 11) is 0. The van der Waals surface area contributed by atoms with Crippen molar-refractivity contribution in [2.24, 2.45) is 0 Å². The summed E-state index contributed by atoms with van der Waals surface area (Å²) in [6.07, 6.45) is 6.03. The van der Waals surface area contributed by atoms with E-state index in [1.807, 2.05) is 24.3 Å². The van der Waals surface area contributed by atoms with Gasteiger partial charge in [0.15, 0.2) is 0 Å². The summed E-state index contributed by atoms with van der Waals surface area (Å²) in [4.78, 5) is 0. The number of hydrogen-bond donors (Lipinski definition) is 1. The molecule has 10 heavy (non-hydrogen) atoms. The minimum Gasteiger partial charge on any atom is -0.384 e. The van der Waals surface area contributed by atoms with E-state index >= 15 is 0 Å². The monoisotopic (exact) mass is 129 g/mol. The van der Waals surface area contributed by atoms with E-state index in [4.69, 9.17) is 0 Å². The molecule has 1 aromatic rings. The highest BCUT2D eigenvalue weighted by Gasteiger charge is 2.06. The number of nitrogens with one attached hydrogen (secondary N) is 1. The van der Waals surface area contributed by atoms with E-state index < -0.39 is 0 Å². The first-order valence-corrected chi connectivity index (χ1v) is 3.28. The van der Waals surface area contributed by atoms with E-state index in [1.165, 1.54) is 0 Å². The lowest BCUT2D eigenvalue weighted by Gasteiger charge is -2.15. The fourth-order valence-electron chi connectivity index (χ4n) is 1.03. The summed E-state index contributed by atoms with van der Waals surface area (Å²) in [6.45, 7) is 0.775. The van der Waals surface area contributed by atoms with Gasteiger partial charge in [-0.15, -0.1) is 0 Å². The fourth-order valence-corrected chi connectivity index (χ4v) is 1.03.